The molecule has 0 saturated carbocycles. The van der Waals surface area contributed by atoms with E-state index < -0.39 is 6.04 Å². The largest absolute Gasteiger partial charge is 0.350 e. The molecule has 2 aromatic carbocycles. The minimum Gasteiger partial charge on any atom is -0.350 e. The lowest BCUT2D eigenvalue weighted by molar-refractivity contribution is -0.122. The maximum atomic E-state index is 12.7. The number of para-hydroxylation sites is 1. The molecule has 0 aliphatic carbocycles. The molecule has 2 N–H and O–H groups in total. The van der Waals surface area contributed by atoms with Gasteiger partial charge in [-0.25, -0.2) is 4.68 Å². The summed E-state index contributed by atoms with van der Waals surface area (Å²) in [5, 5.41) is 10.4. The summed E-state index contributed by atoms with van der Waals surface area (Å²) in [5.41, 5.74) is 4.96. The van der Waals surface area contributed by atoms with E-state index in [0.717, 1.165) is 28.1 Å². The second kappa shape index (κ2) is 9.91. The van der Waals surface area contributed by atoms with Crippen molar-refractivity contribution in [2.75, 3.05) is 0 Å². The molecular weight excluding hydrogens is 414 g/mol. The van der Waals surface area contributed by atoms with Gasteiger partial charge in [-0.3, -0.25) is 14.6 Å². The van der Waals surface area contributed by atoms with Gasteiger partial charge in [-0.15, -0.1) is 0 Å². The fraction of sp³-hybridized carbons (Fsp3) is 0.154. The highest BCUT2D eigenvalue weighted by molar-refractivity contribution is 5.97. The van der Waals surface area contributed by atoms with Gasteiger partial charge in [-0.2, -0.15) is 5.10 Å². The average Bonchev–Trinajstić information content (AvgIpc) is 3.28. The molecule has 1 unspecified atom stereocenters. The van der Waals surface area contributed by atoms with Crippen molar-refractivity contribution in [1.82, 2.24) is 25.4 Å². The Balaban J connectivity index is 1.48. The van der Waals surface area contributed by atoms with E-state index in [-0.39, 0.29) is 18.4 Å². The summed E-state index contributed by atoms with van der Waals surface area (Å²) in [6, 6.07) is 20.1. The van der Waals surface area contributed by atoms with E-state index in [2.05, 4.69) is 15.6 Å². The maximum Gasteiger partial charge on any atom is 0.251 e. The lowest BCUT2D eigenvalue weighted by Gasteiger charge is -2.14. The van der Waals surface area contributed by atoms with Gasteiger partial charge >= 0.3 is 0 Å². The first kappa shape index (κ1) is 22.0. The number of amides is 2. The number of nitrogens with one attached hydrogen (secondary N) is 2. The molecule has 2 heterocycles. The van der Waals surface area contributed by atoms with Gasteiger partial charge in [0.1, 0.15) is 6.04 Å². The Morgan fingerprint density at radius 2 is 1.76 bits per heavy atom. The van der Waals surface area contributed by atoms with Crippen molar-refractivity contribution in [2.45, 2.75) is 26.4 Å². The van der Waals surface area contributed by atoms with E-state index in [9.17, 15) is 9.59 Å². The van der Waals surface area contributed by atoms with Crippen LogP contribution in [0.2, 0.25) is 0 Å². The number of hydrogen-bond acceptors (Lipinski definition) is 4. The van der Waals surface area contributed by atoms with Crippen molar-refractivity contribution in [2.24, 2.45) is 0 Å². The molecule has 2 amide bonds. The highest BCUT2D eigenvalue weighted by atomic mass is 16.2. The van der Waals surface area contributed by atoms with Crippen LogP contribution in [0.15, 0.2) is 85.3 Å². The van der Waals surface area contributed by atoms with E-state index in [4.69, 9.17) is 5.10 Å². The molecule has 0 saturated heterocycles. The number of rotatable bonds is 7. The van der Waals surface area contributed by atoms with E-state index in [1.165, 1.54) is 0 Å². The molecule has 33 heavy (non-hydrogen) atoms. The van der Waals surface area contributed by atoms with E-state index in [1.807, 2.05) is 67.7 Å². The zero-order chi connectivity index (χ0) is 23.2. The highest BCUT2D eigenvalue weighted by Crippen LogP contribution is 2.23. The van der Waals surface area contributed by atoms with Crippen LogP contribution in [-0.4, -0.2) is 32.6 Å². The van der Waals surface area contributed by atoms with Crippen LogP contribution in [0.3, 0.4) is 0 Å². The van der Waals surface area contributed by atoms with Gasteiger partial charge in [0.2, 0.25) is 5.91 Å². The van der Waals surface area contributed by atoms with Crippen LogP contribution < -0.4 is 10.6 Å². The fourth-order valence-corrected chi connectivity index (χ4v) is 3.47. The van der Waals surface area contributed by atoms with Gasteiger partial charge in [0, 0.05) is 41.8 Å². The Kier molecular flexibility index (Phi) is 6.59. The standard InChI is InChI=1S/C26H25N5O2/c1-18-7-6-8-21(15-18)26(33)29-19(2)25(32)28-16-22-17-31(23-9-4-3-5-10-23)30-24(22)20-11-13-27-14-12-20/h3-15,17,19H,16H2,1-2H3,(H,28,32)(H,29,33). The predicted octanol–water partition coefficient (Wildman–Crippen LogP) is 3.68. The van der Waals surface area contributed by atoms with Crippen LogP contribution >= 0.6 is 0 Å². The van der Waals surface area contributed by atoms with Crippen molar-refractivity contribution < 1.29 is 9.59 Å². The van der Waals surface area contributed by atoms with Gasteiger partial charge in [0.15, 0.2) is 0 Å². The number of benzene rings is 2. The smallest absolute Gasteiger partial charge is 0.251 e. The maximum absolute atomic E-state index is 12.7. The first-order valence-corrected chi connectivity index (χ1v) is 10.7. The highest BCUT2D eigenvalue weighted by Gasteiger charge is 2.18. The number of carbonyl (C=O) groups excluding carboxylic acids is 2. The van der Waals surface area contributed by atoms with Gasteiger partial charge in [-0.1, -0.05) is 35.9 Å². The quantitative estimate of drug-likeness (QED) is 0.460. The van der Waals surface area contributed by atoms with Crippen molar-refractivity contribution in [3.8, 4) is 16.9 Å². The first-order valence-electron chi connectivity index (χ1n) is 10.7. The summed E-state index contributed by atoms with van der Waals surface area (Å²) >= 11 is 0. The third-order valence-corrected chi connectivity index (χ3v) is 5.24. The summed E-state index contributed by atoms with van der Waals surface area (Å²) < 4.78 is 1.79. The van der Waals surface area contributed by atoms with Crippen LogP contribution in [0.4, 0.5) is 0 Å². The molecule has 0 radical (unpaired) electrons. The molecular formula is C26H25N5O2. The molecule has 7 nitrogen and oxygen atoms in total. The lowest BCUT2D eigenvalue weighted by Crippen LogP contribution is -2.44. The number of pyridine rings is 1. The third-order valence-electron chi connectivity index (χ3n) is 5.24. The van der Waals surface area contributed by atoms with Gasteiger partial charge in [-0.05, 0) is 50.2 Å². The van der Waals surface area contributed by atoms with E-state index in [0.29, 0.717) is 5.56 Å². The molecule has 0 fully saturated rings. The monoisotopic (exact) mass is 439 g/mol. The van der Waals surface area contributed by atoms with Gasteiger partial charge in [0.05, 0.1) is 11.4 Å². The average molecular weight is 440 g/mol. The Morgan fingerprint density at radius 3 is 2.48 bits per heavy atom. The topological polar surface area (TPSA) is 88.9 Å². The minimum absolute atomic E-state index is 0.272. The van der Waals surface area contributed by atoms with Gasteiger partial charge < -0.3 is 10.6 Å². The molecule has 4 rings (SSSR count). The number of aryl methyl sites for hydroxylation is 1. The zero-order valence-corrected chi connectivity index (χ0v) is 18.5. The van der Waals surface area contributed by atoms with E-state index >= 15 is 0 Å². The Morgan fingerprint density at radius 1 is 1.00 bits per heavy atom. The molecule has 0 aliphatic heterocycles. The van der Waals surface area contributed by atoms with Gasteiger partial charge in [0.25, 0.3) is 5.91 Å². The summed E-state index contributed by atoms with van der Waals surface area (Å²) in [6.45, 7) is 3.86. The fourth-order valence-electron chi connectivity index (χ4n) is 3.47. The summed E-state index contributed by atoms with van der Waals surface area (Å²) in [4.78, 5) is 29.3. The molecule has 0 spiro atoms. The van der Waals surface area contributed by atoms with Crippen molar-refractivity contribution in [3.05, 3.63) is 102 Å². The number of nitrogens with zero attached hydrogens (tertiary/aromatic N) is 3. The van der Waals surface area contributed by atoms with Crippen LogP contribution in [0.1, 0.15) is 28.4 Å². The number of aromatic nitrogens is 3. The number of carbonyl (C=O) groups is 2. The molecule has 1 atom stereocenters. The Labute approximate surface area is 192 Å². The van der Waals surface area contributed by atoms with Crippen molar-refractivity contribution in [3.63, 3.8) is 0 Å². The summed E-state index contributed by atoms with van der Waals surface area (Å²) in [6.07, 6.45) is 5.33. The van der Waals surface area contributed by atoms with E-state index in [1.54, 1.807) is 36.1 Å². The second-order valence-corrected chi connectivity index (χ2v) is 7.80. The molecule has 2 aromatic heterocycles. The SMILES string of the molecule is Cc1cccc(C(=O)NC(C)C(=O)NCc2cn(-c3ccccc3)nc2-c2ccncc2)c1. The van der Waals surface area contributed by atoms with Crippen molar-refractivity contribution in [1.29, 1.82) is 0 Å². The van der Waals surface area contributed by atoms with Crippen LogP contribution in [-0.2, 0) is 11.3 Å². The molecule has 0 bridgehead atoms. The zero-order valence-electron chi connectivity index (χ0n) is 18.5. The molecule has 0 aliphatic rings. The molecule has 166 valence electrons. The lowest BCUT2D eigenvalue weighted by atomic mass is 10.1. The van der Waals surface area contributed by atoms with Crippen LogP contribution in [0.5, 0.6) is 0 Å². The Bertz CT molecular complexity index is 1250. The minimum atomic E-state index is -0.688. The number of hydrogen-bond donors (Lipinski definition) is 2. The Hall–Kier alpha value is -4.26. The summed E-state index contributed by atoms with van der Waals surface area (Å²) in [5.74, 6) is -0.556. The van der Waals surface area contributed by atoms with Crippen LogP contribution in [0.25, 0.3) is 16.9 Å². The first-order chi connectivity index (χ1) is 16.0. The molecule has 7 heteroatoms. The third kappa shape index (κ3) is 5.33. The normalized spacial score (nSPS) is 11.6. The van der Waals surface area contributed by atoms with Crippen LogP contribution in [0, 0.1) is 6.92 Å². The molecule has 4 aromatic rings. The predicted molar refractivity (Wildman–Crippen MR) is 127 cm³/mol. The summed E-state index contributed by atoms with van der Waals surface area (Å²) in [7, 11) is 0. The second-order valence-electron chi connectivity index (χ2n) is 7.80. The van der Waals surface area contributed by atoms with Crippen molar-refractivity contribution >= 4 is 11.8 Å².